The molecular weight excluding hydrogens is 222 g/mol. The average Bonchev–Trinajstić information content (AvgIpc) is 2.95. The van der Waals surface area contributed by atoms with Crippen molar-refractivity contribution in [1.82, 2.24) is 14.8 Å². The van der Waals surface area contributed by atoms with Gasteiger partial charge in [0.15, 0.2) is 0 Å². The van der Waals surface area contributed by atoms with Crippen LogP contribution in [-0.2, 0) is 7.05 Å². The van der Waals surface area contributed by atoms with Gasteiger partial charge in [0.05, 0.1) is 0 Å². The summed E-state index contributed by atoms with van der Waals surface area (Å²) in [7, 11) is 6.49. The van der Waals surface area contributed by atoms with Crippen molar-refractivity contribution in [1.29, 1.82) is 0 Å². The van der Waals surface area contributed by atoms with Crippen LogP contribution in [0.25, 0.3) is 10.9 Å². The summed E-state index contributed by atoms with van der Waals surface area (Å²) in [5, 5.41) is 4.93. The smallest absolute Gasteiger partial charge is 0.0480 e. The van der Waals surface area contributed by atoms with E-state index >= 15 is 0 Å². The number of aromatic nitrogens is 1. The summed E-state index contributed by atoms with van der Waals surface area (Å²) >= 11 is 0. The Morgan fingerprint density at radius 1 is 1.22 bits per heavy atom. The van der Waals surface area contributed by atoms with Crippen LogP contribution in [0.1, 0.15) is 11.5 Å². The van der Waals surface area contributed by atoms with Crippen LogP contribution < -0.4 is 5.32 Å². The standard InChI is InChI=1S/C15H21N3/c1-17(2)15-9-16-8-12(15)13-10-18(3)14-7-5-4-6-11(13)14/h4-7,10,12,15-16H,8-9H2,1-3H3/t12-,15+/m1/s1. The Kier molecular flexibility index (Phi) is 2.88. The van der Waals surface area contributed by atoms with E-state index in [-0.39, 0.29) is 0 Å². The van der Waals surface area contributed by atoms with E-state index in [0.29, 0.717) is 12.0 Å². The van der Waals surface area contributed by atoms with Crippen molar-refractivity contribution in [3.05, 3.63) is 36.0 Å². The highest BCUT2D eigenvalue weighted by Crippen LogP contribution is 2.32. The average molecular weight is 243 g/mol. The number of hydrogen-bond acceptors (Lipinski definition) is 2. The van der Waals surface area contributed by atoms with Crippen molar-refractivity contribution in [2.45, 2.75) is 12.0 Å². The van der Waals surface area contributed by atoms with Crippen molar-refractivity contribution in [3.8, 4) is 0 Å². The summed E-state index contributed by atoms with van der Waals surface area (Å²) < 4.78 is 2.25. The van der Waals surface area contributed by atoms with Gasteiger partial charge in [-0.2, -0.15) is 0 Å². The van der Waals surface area contributed by atoms with Gasteiger partial charge in [-0.15, -0.1) is 0 Å². The van der Waals surface area contributed by atoms with E-state index in [4.69, 9.17) is 0 Å². The van der Waals surface area contributed by atoms with Crippen molar-refractivity contribution in [2.24, 2.45) is 7.05 Å². The molecule has 3 rings (SSSR count). The van der Waals surface area contributed by atoms with E-state index in [0.717, 1.165) is 13.1 Å². The van der Waals surface area contributed by atoms with E-state index in [1.807, 2.05) is 0 Å². The molecule has 0 radical (unpaired) electrons. The molecule has 0 amide bonds. The lowest BCUT2D eigenvalue weighted by Gasteiger charge is -2.25. The maximum atomic E-state index is 3.53. The predicted molar refractivity (Wildman–Crippen MR) is 76.0 cm³/mol. The maximum Gasteiger partial charge on any atom is 0.0480 e. The molecule has 0 spiro atoms. The lowest BCUT2D eigenvalue weighted by Crippen LogP contribution is -2.33. The third-order valence-corrected chi connectivity index (χ3v) is 4.17. The highest BCUT2D eigenvalue weighted by molar-refractivity contribution is 5.84. The summed E-state index contributed by atoms with van der Waals surface area (Å²) in [4.78, 5) is 2.34. The Labute approximate surface area is 108 Å². The minimum Gasteiger partial charge on any atom is -0.350 e. The minimum absolute atomic E-state index is 0.589. The number of rotatable bonds is 2. The van der Waals surface area contributed by atoms with Gasteiger partial charge in [-0.05, 0) is 25.7 Å². The molecule has 0 bridgehead atoms. The van der Waals surface area contributed by atoms with E-state index in [1.54, 1.807) is 0 Å². The molecule has 0 unspecified atom stereocenters. The van der Waals surface area contributed by atoms with E-state index < -0.39 is 0 Å². The number of benzene rings is 1. The minimum atomic E-state index is 0.589. The zero-order valence-electron chi connectivity index (χ0n) is 11.4. The second kappa shape index (κ2) is 4.41. The second-order valence-corrected chi connectivity index (χ2v) is 5.51. The lowest BCUT2D eigenvalue weighted by atomic mass is 9.93. The highest BCUT2D eigenvalue weighted by atomic mass is 15.2. The quantitative estimate of drug-likeness (QED) is 0.868. The fourth-order valence-corrected chi connectivity index (χ4v) is 3.19. The van der Waals surface area contributed by atoms with Crippen LogP contribution in [0.3, 0.4) is 0 Å². The Morgan fingerprint density at radius 3 is 2.78 bits per heavy atom. The molecule has 96 valence electrons. The number of para-hydroxylation sites is 1. The molecule has 1 aliphatic heterocycles. The summed E-state index contributed by atoms with van der Waals surface area (Å²) in [6, 6.07) is 9.29. The molecule has 2 aromatic rings. The Balaban J connectivity index is 2.09. The summed E-state index contributed by atoms with van der Waals surface area (Å²) in [5.74, 6) is 0.589. The van der Waals surface area contributed by atoms with Crippen molar-refractivity contribution in [3.63, 3.8) is 0 Å². The predicted octanol–water partition coefficient (Wildman–Crippen LogP) is 1.80. The van der Waals surface area contributed by atoms with Gasteiger partial charge in [-0.25, -0.2) is 0 Å². The molecule has 0 saturated carbocycles. The number of aryl methyl sites for hydroxylation is 1. The molecule has 1 aromatic carbocycles. The van der Waals surface area contributed by atoms with Crippen LogP contribution in [0, 0.1) is 0 Å². The van der Waals surface area contributed by atoms with Crippen LogP contribution in [-0.4, -0.2) is 42.7 Å². The normalized spacial score (nSPS) is 24.2. The number of hydrogen-bond donors (Lipinski definition) is 1. The maximum absolute atomic E-state index is 3.53. The molecule has 2 atom stereocenters. The summed E-state index contributed by atoms with van der Waals surface area (Å²) in [6.07, 6.45) is 2.30. The number of likely N-dealkylation sites (N-methyl/N-ethyl adjacent to an activating group) is 1. The fourth-order valence-electron chi connectivity index (χ4n) is 3.19. The van der Waals surface area contributed by atoms with Gasteiger partial charge in [0.1, 0.15) is 0 Å². The van der Waals surface area contributed by atoms with Crippen LogP contribution in [0.5, 0.6) is 0 Å². The number of fused-ring (bicyclic) bond motifs is 1. The Hall–Kier alpha value is -1.32. The number of nitrogens with one attached hydrogen (secondary N) is 1. The van der Waals surface area contributed by atoms with Gasteiger partial charge < -0.3 is 14.8 Å². The molecule has 1 fully saturated rings. The van der Waals surface area contributed by atoms with Crippen LogP contribution in [0.15, 0.2) is 30.5 Å². The van der Waals surface area contributed by atoms with Crippen molar-refractivity contribution >= 4 is 10.9 Å². The zero-order chi connectivity index (χ0) is 12.7. The molecule has 3 heteroatoms. The molecule has 3 nitrogen and oxygen atoms in total. The largest absolute Gasteiger partial charge is 0.350 e. The number of nitrogens with zero attached hydrogens (tertiary/aromatic N) is 2. The second-order valence-electron chi connectivity index (χ2n) is 5.51. The molecule has 1 N–H and O–H groups in total. The molecular formula is C15H21N3. The molecule has 1 saturated heterocycles. The zero-order valence-corrected chi connectivity index (χ0v) is 11.4. The monoisotopic (exact) mass is 243 g/mol. The molecule has 1 aliphatic rings. The topological polar surface area (TPSA) is 20.2 Å². The van der Waals surface area contributed by atoms with Crippen molar-refractivity contribution < 1.29 is 0 Å². The van der Waals surface area contributed by atoms with Gasteiger partial charge >= 0.3 is 0 Å². The lowest BCUT2D eigenvalue weighted by molar-refractivity contribution is 0.292. The first-order valence-electron chi connectivity index (χ1n) is 6.59. The van der Waals surface area contributed by atoms with Gasteiger partial charge in [0.2, 0.25) is 0 Å². The first kappa shape index (κ1) is 11.8. The van der Waals surface area contributed by atoms with Gasteiger partial charge in [-0.3, -0.25) is 0 Å². The SMILES string of the molecule is CN(C)[C@H]1CNC[C@@H]1c1cn(C)c2ccccc12. The molecule has 0 aliphatic carbocycles. The summed E-state index contributed by atoms with van der Waals surface area (Å²) in [6.45, 7) is 2.16. The fraction of sp³-hybridized carbons (Fsp3) is 0.467. The van der Waals surface area contributed by atoms with Crippen LogP contribution in [0.4, 0.5) is 0 Å². The highest BCUT2D eigenvalue weighted by Gasteiger charge is 2.31. The van der Waals surface area contributed by atoms with E-state index in [2.05, 4.69) is 66.4 Å². The molecule has 1 aromatic heterocycles. The third kappa shape index (κ3) is 1.74. The first-order valence-corrected chi connectivity index (χ1v) is 6.59. The van der Waals surface area contributed by atoms with Gasteiger partial charge in [-0.1, -0.05) is 18.2 Å². The van der Waals surface area contributed by atoms with Gasteiger partial charge in [0.25, 0.3) is 0 Å². The Bertz CT molecular complexity index is 556. The molecule has 18 heavy (non-hydrogen) atoms. The van der Waals surface area contributed by atoms with Gasteiger partial charge in [0, 0.05) is 49.2 Å². The van der Waals surface area contributed by atoms with Crippen LogP contribution in [0.2, 0.25) is 0 Å². The summed E-state index contributed by atoms with van der Waals surface area (Å²) in [5.41, 5.74) is 2.81. The van der Waals surface area contributed by atoms with E-state index in [1.165, 1.54) is 16.5 Å². The van der Waals surface area contributed by atoms with E-state index in [9.17, 15) is 0 Å². The molecule has 2 heterocycles. The third-order valence-electron chi connectivity index (χ3n) is 4.17. The first-order chi connectivity index (χ1) is 8.68. The van der Waals surface area contributed by atoms with Crippen LogP contribution >= 0.6 is 0 Å². The van der Waals surface area contributed by atoms with Crippen molar-refractivity contribution in [2.75, 3.05) is 27.2 Å². The Morgan fingerprint density at radius 2 is 2.00 bits per heavy atom.